The third-order valence-electron chi connectivity index (χ3n) is 3.09. The molecule has 116 valence electrons. The van der Waals surface area contributed by atoms with Crippen LogP contribution >= 0.6 is 0 Å². The van der Waals surface area contributed by atoms with Crippen LogP contribution in [0.2, 0.25) is 0 Å². The summed E-state index contributed by atoms with van der Waals surface area (Å²) >= 11 is 0. The van der Waals surface area contributed by atoms with Crippen LogP contribution in [0.25, 0.3) is 0 Å². The van der Waals surface area contributed by atoms with Crippen molar-refractivity contribution in [3.05, 3.63) is 35.4 Å². The normalized spacial score (nSPS) is 10.9. The Bertz CT molecular complexity index is 468. The number of nitrogens with zero attached hydrogens (tertiary/aromatic N) is 1. The van der Waals surface area contributed by atoms with Crippen LogP contribution in [0.4, 0.5) is 0 Å². The van der Waals surface area contributed by atoms with E-state index in [1.54, 1.807) is 12.1 Å². The van der Waals surface area contributed by atoms with Gasteiger partial charge in [-0.3, -0.25) is 9.69 Å². The van der Waals surface area contributed by atoms with Gasteiger partial charge in [-0.05, 0) is 23.6 Å². The predicted octanol–water partition coefficient (Wildman–Crippen LogP) is 2.41. The average Bonchev–Trinajstić information content (AvgIpc) is 2.44. The Hall–Kier alpha value is -1.88. The molecule has 0 saturated carbocycles. The highest BCUT2D eigenvalue weighted by molar-refractivity contribution is 5.87. The first-order valence-electron chi connectivity index (χ1n) is 7.03. The number of aromatic carboxylic acids is 1. The van der Waals surface area contributed by atoms with Gasteiger partial charge in [0, 0.05) is 19.6 Å². The predicted molar refractivity (Wildman–Crippen MR) is 80.1 cm³/mol. The number of carboxylic acids is 1. The molecule has 0 aromatic heterocycles. The molecule has 0 radical (unpaired) electrons. The molecule has 1 rings (SSSR count). The van der Waals surface area contributed by atoms with Crippen LogP contribution in [0.1, 0.15) is 36.2 Å². The van der Waals surface area contributed by atoms with Crippen LogP contribution in [-0.2, 0) is 16.1 Å². The minimum atomic E-state index is -0.925. The van der Waals surface area contributed by atoms with Crippen LogP contribution in [0, 0.1) is 5.92 Å². The summed E-state index contributed by atoms with van der Waals surface area (Å²) in [7, 11) is 1.39. The van der Waals surface area contributed by atoms with Gasteiger partial charge in [0.25, 0.3) is 0 Å². The van der Waals surface area contributed by atoms with Crippen molar-refractivity contribution in [2.24, 2.45) is 5.92 Å². The van der Waals surface area contributed by atoms with E-state index in [1.807, 2.05) is 12.1 Å². The number of ether oxygens (including phenoxy) is 1. The summed E-state index contributed by atoms with van der Waals surface area (Å²) in [6, 6.07) is 6.83. The second kappa shape index (κ2) is 8.42. The molecule has 0 amide bonds. The highest BCUT2D eigenvalue weighted by Crippen LogP contribution is 2.10. The van der Waals surface area contributed by atoms with Gasteiger partial charge in [-0.1, -0.05) is 26.0 Å². The minimum Gasteiger partial charge on any atom is -0.478 e. The van der Waals surface area contributed by atoms with E-state index in [2.05, 4.69) is 23.5 Å². The number of methoxy groups -OCH3 is 1. The van der Waals surface area contributed by atoms with E-state index in [0.717, 1.165) is 12.1 Å². The molecule has 0 spiro atoms. The Labute approximate surface area is 125 Å². The lowest BCUT2D eigenvalue weighted by Gasteiger charge is -2.24. The molecule has 0 bridgehead atoms. The summed E-state index contributed by atoms with van der Waals surface area (Å²) < 4.78 is 4.67. The van der Waals surface area contributed by atoms with Crippen molar-refractivity contribution in [3.63, 3.8) is 0 Å². The smallest absolute Gasteiger partial charge is 0.335 e. The van der Waals surface area contributed by atoms with Gasteiger partial charge < -0.3 is 9.84 Å². The van der Waals surface area contributed by atoms with Gasteiger partial charge in [-0.2, -0.15) is 0 Å². The van der Waals surface area contributed by atoms with Crippen molar-refractivity contribution >= 4 is 11.9 Å². The minimum absolute atomic E-state index is 0.218. The summed E-state index contributed by atoms with van der Waals surface area (Å²) in [5.74, 6) is -0.655. The summed E-state index contributed by atoms with van der Waals surface area (Å²) in [5, 5.41) is 8.89. The fourth-order valence-corrected chi connectivity index (χ4v) is 2.11. The Kier molecular flexibility index (Phi) is 6.88. The zero-order valence-electron chi connectivity index (χ0n) is 12.8. The standard InChI is InChI=1S/C16H23NO4/c1-12(2)10-17(9-8-15(18)21-3)11-13-4-6-14(7-5-13)16(19)20/h4-7,12H,8-11H2,1-3H3,(H,19,20). The van der Waals surface area contributed by atoms with E-state index < -0.39 is 5.97 Å². The van der Waals surface area contributed by atoms with Gasteiger partial charge in [0.15, 0.2) is 0 Å². The zero-order valence-corrected chi connectivity index (χ0v) is 12.8. The molecule has 5 heteroatoms. The highest BCUT2D eigenvalue weighted by Gasteiger charge is 2.11. The number of esters is 1. The summed E-state index contributed by atoms with van der Waals surface area (Å²) in [6.45, 7) is 6.44. The lowest BCUT2D eigenvalue weighted by Crippen LogP contribution is -2.30. The third kappa shape index (κ3) is 6.40. The van der Waals surface area contributed by atoms with Crippen LogP contribution in [0.3, 0.4) is 0 Å². The lowest BCUT2D eigenvalue weighted by atomic mass is 10.1. The first-order valence-corrected chi connectivity index (χ1v) is 7.03. The largest absolute Gasteiger partial charge is 0.478 e. The molecule has 0 fully saturated rings. The van der Waals surface area contributed by atoms with Gasteiger partial charge in [-0.15, -0.1) is 0 Å². The second-order valence-electron chi connectivity index (χ2n) is 5.46. The summed E-state index contributed by atoms with van der Waals surface area (Å²) in [6.07, 6.45) is 0.358. The van der Waals surface area contributed by atoms with Gasteiger partial charge in [-0.25, -0.2) is 4.79 Å². The molecule has 1 aromatic carbocycles. The molecule has 0 aliphatic heterocycles. The van der Waals surface area contributed by atoms with Crippen LogP contribution in [0.5, 0.6) is 0 Å². The number of rotatable bonds is 8. The molecule has 0 heterocycles. The molecule has 5 nitrogen and oxygen atoms in total. The van der Waals surface area contributed by atoms with Crippen molar-refractivity contribution in [2.45, 2.75) is 26.8 Å². The van der Waals surface area contributed by atoms with Crippen LogP contribution in [-0.4, -0.2) is 42.1 Å². The van der Waals surface area contributed by atoms with Crippen molar-refractivity contribution < 1.29 is 19.4 Å². The number of carbonyl (C=O) groups excluding carboxylic acids is 1. The molecular weight excluding hydrogens is 270 g/mol. The molecule has 0 atom stereocenters. The molecule has 1 N–H and O–H groups in total. The Balaban J connectivity index is 2.66. The van der Waals surface area contributed by atoms with Gasteiger partial charge in [0.1, 0.15) is 0 Å². The Morgan fingerprint density at radius 1 is 1.24 bits per heavy atom. The topological polar surface area (TPSA) is 66.8 Å². The van der Waals surface area contributed by atoms with Crippen LogP contribution < -0.4 is 0 Å². The fourth-order valence-electron chi connectivity index (χ4n) is 2.11. The first-order chi connectivity index (χ1) is 9.92. The molecule has 1 aromatic rings. The maximum Gasteiger partial charge on any atom is 0.335 e. The number of benzene rings is 1. The summed E-state index contributed by atoms with van der Waals surface area (Å²) in [5.41, 5.74) is 1.31. The van der Waals surface area contributed by atoms with Crippen molar-refractivity contribution in [3.8, 4) is 0 Å². The quantitative estimate of drug-likeness (QED) is 0.746. The lowest BCUT2D eigenvalue weighted by molar-refractivity contribution is -0.141. The molecule has 0 aliphatic rings. The van der Waals surface area contributed by atoms with E-state index in [9.17, 15) is 9.59 Å². The molecule has 0 unspecified atom stereocenters. The van der Waals surface area contributed by atoms with Gasteiger partial charge in [0.05, 0.1) is 19.1 Å². The molecular formula is C16H23NO4. The maximum atomic E-state index is 11.3. The first kappa shape index (κ1) is 17.2. The third-order valence-corrected chi connectivity index (χ3v) is 3.09. The average molecular weight is 293 g/mol. The molecule has 0 aliphatic carbocycles. The van der Waals surface area contributed by atoms with E-state index in [-0.39, 0.29) is 11.5 Å². The Morgan fingerprint density at radius 2 is 1.86 bits per heavy atom. The monoisotopic (exact) mass is 293 g/mol. The number of hydrogen-bond acceptors (Lipinski definition) is 4. The van der Waals surface area contributed by atoms with E-state index in [0.29, 0.717) is 25.4 Å². The van der Waals surface area contributed by atoms with Crippen LogP contribution in [0.15, 0.2) is 24.3 Å². The van der Waals surface area contributed by atoms with E-state index >= 15 is 0 Å². The number of carbonyl (C=O) groups is 2. The van der Waals surface area contributed by atoms with E-state index in [1.165, 1.54) is 7.11 Å². The number of hydrogen-bond donors (Lipinski definition) is 1. The molecule has 0 saturated heterocycles. The van der Waals surface area contributed by atoms with Crippen molar-refractivity contribution in [1.29, 1.82) is 0 Å². The Morgan fingerprint density at radius 3 is 2.33 bits per heavy atom. The van der Waals surface area contributed by atoms with Crippen molar-refractivity contribution in [2.75, 3.05) is 20.2 Å². The summed E-state index contributed by atoms with van der Waals surface area (Å²) in [4.78, 5) is 24.3. The van der Waals surface area contributed by atoms with Crippen molar-refractivity contribution in [1.82, 2.24) is 4.90 Å². The maximum absolute atomic E-state index is 11.3. The molecule has 21 heavy (non-hydrogen) atoms. The van der Waals surface area contributed by atoms with Gasteiger partial charge >= 0.3 is 11.9 Å². The number of carboxylic acid groups (broad SMARTS) is 1. The highest BCUT2D eigenvalue weighted by atomic mass is 16.5. The fraction of sp³-hybridized carbons (Fsp3) is 0.500. The zero-order chi connectivity index (χ0) is 15.8. The van der Waals surface area contributed by atoms with Gasteiger partial charge in [0.2, 0.25) is 0 Å². The second-order valence-corrected chi connectivity index (χ2v) is 5.46. The van der Waals surface area contributed by atoms with E-state index in [4.69, 9.17) is 5.11 Å². The SMILES string of the molecule is COC(=O)CCN(Cc1ccc(C(=O)O)cc1)CC(C)C.